The summed E-state index contributed by atoms with van der Waals surface area (Å²) in [5, 5.41) is 6.74. The van der Waals surface area contributed by atoms with E-state index in [4.69, 9.17) is 15.0 Å². The van der Waals surface area contributed by atoms with Crippen LogP contribution in [0.15, 0.2) is 55.0 Å². The molecule has 0 aliphatic rings. The van der Waals surface area contributed by atoms with Crippen LogP contribution in [0.1, 0.15) is 52.1 Å². The third-order valence-electron chi connectivity index (χ3n) is 5.30. The first-order chi connectivity index (χ1) is 16.1. The van der Waals surface area contributed by atoms with Crippen LogP contribution in [-0.2, 0) is 0 Å². The van der Waals surface area contributed by atoms with Crippen molar-refractivity contribution < 1.29 is 0 Å². The van der Waals surface area contributed by atoms with Crippen molar-refractivity contribution in [3.8, 4) is 0 Å². The van der Waals surface area contributed by atoms with Crippen LogP contribution in [0, 0.1) is 0 Å². The molecule has 4 rings (SSSR count). The van der Waals surface area contributed by atoms with Gasteiger partial charge in [-0.3, -0.25) is 0 Å². The molecule has 0 fully saturated rings. The van der Waals surface area contributed by atoms with Crippen molar-refractivity contribution >= 4 is 34.7 Å². The smallest absolute Gasteiger partial charge is 0.232 e. The summed E-state index contributed by atoms with van der Waals surface area (Å²) in [5.41, 5.74) is 2.82. The van der Waals surface area contributed by atoms with E-state index in [2.05, 4.69) is 48.2 Å². The number of rotatable bonds is 10. The topological polar surface area (TPSA) is 83.3 Å². The largest absolute Gasteiger partial charge is 0.356 e. The van der Waals surface area contributed by atoms with E-state index in [-0.39, 0.29) is 0 Å². The van der Waals surface area contributed by atoms with E-state index in [0.717, 1.165) is 60.4 Å². The average molecular weight is 445 g/mol. The lowest BCUT2D eigenvalue weighted by atomic mass is 10.1. The molecule has 0 saturated heterocycles. The molecule has 0 unspecified atom stereocenters. The SMILES string of the molecule is CCCN(CCC)c1cc(Nc2ccn3ccnc3c2)nc(Nc2cccc(C(C)C)n2)n1. The highest BCUT2D eigenvalue weighted by molar-refractivity contribution is 5.65. The zero-order chi connectivity index (χ0) is 23.2. The van der Waals surface area contributed by atoms with Gasteiger partial charge in [0.1, 0.15) is 23.1 Å². The molecule has 4 aromatic heterocycles. The Bertz CT molecular complexity index is 1190. The Balaban J connectivity index is 1.68. The Morgan fingerprint density at radius 1 is 0.909 bits per heavy atom. The molecule has 8 nitrogen and oxygen atoms in total. The van der Waals surface area contributed by atoms with Gasteiger partial charge in [-0.1, -0.05) is 33.8 Å². The monoisotopic (exact) mass is 444 g/mol. The maximum atomic E-state index is 4.83. The number of nitrogens with one attached hydrogen (secondary N) is 2. The van der Waals surface area contributed by atoms with Crippen LogP contribution in [0.5, 0.6) is 0 Å². The molecule has 0 atom stereocenters. The average Bonchev–Trinajstić information content (AvgIpc) is 3.27. The van der Waals surface area contributed by atoms with Crippen LogP contribution >= 0.6 is 0 Å². The number of pyridine rings is 2. The van der Waals surface area contributed by atoms with Crippen molar-refractivity contribution in [2.45, 2.75) is 46.5 Å². The molecule has 0 saturated carbocycles. The van der Waals surface area contributed by atoms with Gasteiger partial charge < -0.3 is 19.9 Å². The molecule has 0 spiro atoms. The van der Waals surface area contributed by atoms with Gasteiger partial charge in [-0.05, 0) is 37.0 Å². The van der Waals surface area contributed by atoms with Crippen LogP contribution in [-0.4, -0.2) is 37.4 Å². The van der Waals surface area contributed by atoms with E-state index in [1.54, 1.807) is 6.20 Å². The zero-order valence-corrected chi connectivity index (χ0v) is 19.8. The van der Waals surface area contributed by atoms with E-state index in [1.165, 1.54) is 0 Å². The summed E-state index contributed by atoms with van der Waals surface area (Å²) >= 11 is 0. The van der Waals surface area contributed by atoms with Crippen molar-refractivity contribution in [2.24, 2.45) is 0 Å². The van der Waals surface area contributed by atoms with Gasteiger partial charge in [-0.2, -0.15) is 9.97 Å². The van der Waals surface area contributed by atoms with Gasteiger partial charge in [0.25, 0.3) is 0 Å². The minimum absolute atomic E-state index is 0.346. The van der Waals surface area contributed by atoms with Crippen LogP contribution < -0.4 is 15.5 Å². The van der Waals surface area contributed by atoms with Crippen molar-refractivity contribution in [3.05, 3.63) is 60.7 Å². The number of aromatic nitrogens is 5. The predicted molar refractivity (Wildman–Crippen MR) is 135 cm³/mol. The van der Waals surface area contributed by atoms with E-state index in [1.807, 2.05) is 53.2 Å². The van der Waals surface area contributed by atoms with Gasteiger partial charge in [-0.15, -0.1) is 0 Å². The molecule has 0 aromatic carbocycles. The minimum atomic E-state index is 0.346. The number of fused-ring (bicyclic) bond motifs is 1. The lowest BCUT2D eigenvalue weighted by Crippen LogP contribution is -2.26. The fourth-order valence-electron chi connectivity index (χ4n) is 3.69. The normalized spacial score (nSPS) is 11.2. The van der Waals surface area contributed by atoms with Gasteiger partial charge >= 0.3 is 0 Å². The number of nitrogens with zero attached hydrogens (tertiary/aromatic N) is 6. The highest BCUT2D eigenvalue weighted by atomic mass is 15.2. The second kappa shape index (κ2) is 10.3. The van der Waals surface area contributed by atoms with Gasteiger partial charge in [0.05, 0.1) is 0 Å². The maximum Gasteiger partial charge on any atom is 0.232 e. The lowest BCUT2D eigenvalue weighted by molar-refractivity contribution is 0.733. The summed E-state index contributed by atoms with van der Waals surface area (Å²) in [6, 6.07) is 12.0. The summed E-state index contributed by atoms with van der Waals surface area (Å²) < 4.78 is 1.97. The van der Waals surface area contributed by atoms with Crippen molar-refractivity contribution in [3.63, 3.8) is 0 Å². The van der Waals surface area contributed by atoms with E-state index >= 15 is 0 Å². The second-order valence-electron chi connectivity index (χ2n) is 8.38. The summed E-state index contributed by atoms with van der Waals surface area (Å²) in [4.78, 5) is 21.0. The van der Waals surface area contributed by atoms with E-state index in [0.29, 0.717) is 11.9 Å². The molecule has 172 valence electrons. The first kappa shape index (κ1) is 22.5. The second-order valence-corrected chi connectivity index (χ2v) is 8.38. The lowest BCUT2D eigenvalue weighted by Gasteiger charge is -2.23. The van der Waals surface area contributed by atoms with Gasteiger partial charge in [0.15, 0.2) is 0 Å². The third-order valence-corrected chi connectivity index (χ3v) is 5.30. The fraction of sp³-hybridized carbons (Fsp3) is 0.360. The molecule has 4 aromatic rings. The first-order valence-electron chi connectivity index (χ1n) is 11.6. The van der Waals surface area contributed by atoms with Crippen LogP contribution in [0.2, 0.25) is 0 Å². The number of hydrogen-bond acceptors (Lipinski definition) is 7. The predicted octanol–water partition coefficient (Wildman–Crippen LogP) is 5.76. The van der Waals surface area contributed by atoms with Gasteiger partial charge in [0, 0.05) is 55.2 Å². The Morgan fingerprint density at radius 2 is 1.73 bits per heavy atom. The maximum absolute atomic E-state index is 4.83. The summed E-state index contributed by atoms with van der Waals surface area (Å²) in [5.74, 6) is 3.21. The number of anilines is 5. The first-order valence-corrected chi connectivity index (χ1v) is 11.6. The van der Waals surface area contributed by atoms with Crippen LogP contribution in [0.4, 0.5) is 29.1 Å². The number of imidazole rings is 1. The van der Waals surface area contributed by atoms with Gasteiger partial charge in [0.2, 0.25) is 5.95 Å². The molecule has 33 heavy (non-hydrogen) atoms. The zero-order valence-electron chi connectivity index (χ0n) is 19.8. The molecule has 0 aliphatic heterocycles. The molecule has 8 heteroatoms. The standard InChI is InChI=1S/C25H32N8/c1-5-12-32(13-6-2)24-17-22(27-19-10-14-33-15-11-26-23(33)16-19)30-25(31-24)29-21-9-7-8-20(28-21)18(3)4/h7-11,14-18H,5-6,12-13H2,1-4H3,(H2,27,28,29,30,31). The molecule has 4 heterocycles. The number of hydrogen-bond donors (Lipinski definition) is 2. The third kappa shape index (κ3) is 5.58. The molecule has 0 aliphatic carbocycles. The fourth-order valence-corrected chi connectivity index (χ4v) is 3.69. The summed E-state index contributed by atoms with van der Waals surface area (Å²) in [7, 11) is 0. The van der Waals surface area contributed by atoms with E-state index in [9.17, 15) is 0 Å². The minimum Gasteiger partial charge on any atom is -0.356 e. The molecule has 0 bridgehead atoms. The molecule has 2 N–H and O–H groups in total. The van der Waals surface area contributed by atoms with Crippen molar-refractivity contribution in [2.75, 3.05) is 28.6 Å². The summed E-state index contributed by atoms with van der Waals surface area (Å²) in [6.45, 7) is 10.5. The quantitative estimate of drug-likeness (QED) is 0.322. The van der Waals surface area contributed by atoms with E-state index < -0.39 is 0 Å². The highest BCUT2D eigenvalue weighted by Crippen LogP contribution is 2.24. The molecule has 0 radical (unpaired) electrons. The Hall–Kier alpha value is -3.68. The highest BCUT2D eigenvalue weighted by Gasteiger charge is 2.13. The molecular formula is C25H32N8. The summed E-state index contributed by atoms with van der Waals surface area (Å²) in [6.07, 6.45) is 7.78. The molecule has 0 amide bonds. The molecular weight excluding hydrogens is 412 g/mol. The Kier molecular flexibility index (Phi) is 7.02. The Labute approximate surface area is 195 Å². The van der Waals surface area contributed by atoms with Crippen molar-refractivity contribution in [1.29, 1.82) is 0 Å². The van der Waals surface area contributed by atoms with Gasteiger partial charge in [-0.25, -0.2) is 9.97 Å². The van der Waals surface area contributed by atoms with Crippen LogP contribution in [0.3, 0.4) is 0 Å². The Morgan fingerprint density at radius 3 is 2.48 bits per heavy atom. The van der Waals surface area contributed by atoms with Crippen LogP contribution in [0.25, 0.3) is 5.65 Å². The van der Waals surface area contributed by atoms with Crippen molar-refractivity contribution in [1.82, 2.24) is 24.3 Å².